The number of oxime groups is 1. The number of aromatic nitrogens is 1. The van der Waals surface area contributed by atoms with E-state index >= 15 is 0 Å². The van der Waals surface area contributed by atoms with Crippen LogP contribution in [0.5, 0.6) is 5.88 Å². The van der Waals surface area contributed by atoms with Crippen LogP contribution in [-0.4, -0.2) is 23.1 Å². The Hall–Kier alpha value is -2.83. The highest BCUT2D eigenvalue weighted by Crippen LogP contribution is 2.16. The first kappa shape index (κ1) is 14.6. The molecule has 6 nitrogen and oxygen atoms in total. The molecule has 21 heavy (non-hydrogen) atoms. The molecule has 0 atom stereocenters. The van der Waals surface area contributed by atoms with Crippen LogP contribution in [0.1, 0.15) is 11.1 Å². The molecule has 1 aromatic carbocycles. The van der Waals surface area contributed by atoms with Crippen LogP contribution >= 0.6 is 0 Å². The predicted molar refractivity (Wildman–Crippen MR) is 77.0 cm³/mol. The second kappa shape index (κ2) is 6.56. The number of rotatable bonds is 5. The van der Waals surface area contributed by atoms with Gasteiger partial charge in [0.1, 0.15) is 5.82 Å². The third-order valence-electron chi connectivity index (χ3n) is 2.89. The van der Waals surface area contributed by atoms with Gasteiger partial charge in [-0.3, -0.25) is 0 Å². The number of nitrogens with two attached hydrogens (primary N) is 1. The Morgan fingerprint density at radius 3 is 2.86 bits per heavy atom. The number of benzene rings is 1. The highest BCUT2D eigenvalue weighted by molar-refractivity contribution is 5.97. The molecule has 4 N–H and O–H groups in total. The molecular weight excluding hydrogens is 275 g/mol. The second-order valence-corrected chi connectivity index (χ2v) is 4.21. The number of nitrogens with zero attached hydrogens (tertiary/aromatic N) is 2. The molecule has 0 spiro atoms. The summed E-state index contributed by atoms with van der Waals surface area (Å²) in [7, 11) is 1.53. The Kier molecular flexibility index (Phi) is 4.55. The Morgan fingerprint density at radius 2 is 2.24 bits per heavy atom. The Morgan fingerprint density at radius 1 is 1.43 bits per heavy atom. The van der Waals surface area contributed by atoms with Gasteiger partial charge in [-0.05, 0) is 12.1 Å². The van der Waals surface area contributed by atoms with Crippen LogP contribution < -0.4 is 15.8 Å². The van der Waals surface area contributed by atoms with Gasteiger partial charge in [-0.2, -0.15) is 0 Å². The van der Waals surface area contributed by atoms with Gasteiger partial charge in [0, 0.05) is 18.2 Å². The average Bonchev–Trinajstić information content (AvgIpc) is 2.53. The number of ether oxygens (including phenoxy) is 1. The minimum absolute atomic E-state index is 0.0599. The number of nitrogens with one attached hydrogen (secondary N) is 1. The standard InChI is InChI=1S/C14H15FN4O2/c1-21-12-6-5-10(8-18-12)17-7-9-3-2-4-11(13(9)15)14(16)19-20/h2-6,8,17,20H,7H2,1H3,(H2,16,19). The van der Waals surface area contributed by atoms with E-state index in [2.05, 4.69) is 15.5 Å². The zero-order valence-corrected chi connectivity index (χ0v) is 11.4. The summed E-state index contributed by atoms with van der Waals surface area (Å²) < 4.78 is 19.1. The number of halogens is 1. The SMILES string of the molecule is COc1ccc(NCc2cccc(/C(N)=N/O)c2F)cn1. The summed E-state index contributed by atoms with van der Waals surface area (Å²) in [5.74, 6) is -0.289. The molecule has 1 aromatic heterocycles. The molecule has 0 radical (unpaired) electrons. The maximum Gasteiger partial charge on any atom is 0.213 e. The fraction of sp³-hybridized carbons (Fsp3) is 0.143. The van der Waals surface area contributed by atoms with Gasteiger partial charge in [-0.15, -0.1) is 0 Å². The Labute approximate surface area is 121 Å². The van der Waals surface area contributed by atoms with Gasteiger partial charge in [0.25, 0.3) is 0 Å². The third kappa shape index (κ3) is 3.38. The molecule has 2 rings (SSSR count). The van der Waals surface area contributed by atoms with E-state index in [1.165, 1.54) is 13.2 Å². The molecule has 0 aliphatic rings. The summed E-state index contributed by atoms with van der Waals surface area (Å²) in [6.45, 7) is 0.242. The molecule has 0 unspecified atom stereocenters. The molecule has 110 valence electrons. The van der Waals surface area contributed by atoms with Crippen LogP contribution in [0.4, 0.5) is 10.1 Å². The quantitative estimate of drug-likeness (QED) is 0.339. The average molecular weight is 290 g/mol. The second-order valence-electron chi connectivity index (χ2n) is 4.21. The number of hydrogen-bond acceptors (Lipinski definition) is 5. The lowest BCUT2D eigenvalue weighted by Gasteiger charge is -2.10. The van der Waals surface area contributed by atoms with Gasteiger partial charge in [-0.1, -0.05) is 17.3 Å². The Balaban J connectivity index is 2.12. The van der Waals surface area contributed by atoms with Crippen molar-refractivity contribution in [1.29, 1.82) is 0 Å². The van der Waals surface area contributed by atoms with Crippen molar-refractivity contribution in [3.63, 3.8) is 0 Å². The van der Waals surface area contributed by atoms with Crippen molar-refractivity contribution in [2.75, 3.05) is 12.4 Å². The Bertz CT molecular complexity index is 644. The minimum atomic E-state index is -0.526. The number of hydrogen-bond donors (Lipinski definition) is 3. The van der Waals surface area contributed by atoms with Crippen molar-refractivity contribution in [3.8, 4) is 5.88 Å². The van der Waals surface area contributed by atoms with Crippen LogP contribution in [0.15, 0.2) is 41.7 Å². The molecule has 2 aromatic rings. The summed E-state index contributed by atoms with van der Waals surface area (Å²) >= 11 is 0. The lowest BCUT2D eigenvalue weighted by Crippen LogP contribution is -2.16. The summed E-state index contributed by atoms with van der Waals surface area (Å²) in [6, 6.07) is 8.18. The zero-order chi connectivity index (χ0) is 15.2. The van der Waals surface area contributed by atoms with E-state index in [4.69, 9.17) is 15.7 Å². The molecule has 0 aliphatic carbocycles. The van der Waals surface area contributed by atoms with Crippen molar-refractivity contribution in [3.05, 3.63) is 53.5 Å². The molecule has 1 heterocycles. The first-order chi connectivity index (χ1) is 10.2. The zero-order valence-electron chi connectivity index (χ0n) is 11.4. The summed E-state index contributed by atoms with van der Waals surface area (Å²) in [4.78, 5) is 4.04. The normalized spacial score (nSPS) is 11.2. The lowest BCUT2D eigenvalue weighted by molar-refractivity contribution is 0.318. The van der Waals surface area contributed by atoms with Crippen molar-refractivity contribution in [1.82, 2.24) is 4.98 Å². The van der Waals surface area contributed by atoms with Gasteiger partial charge in [0.2, 0.25) is 5.88 Å². The van der Waals surface area contributed by atoms with E-state index in [9.17, 15) is 4.39 Å². The van der Waals surface area contributed by atoms with E-state index in [-0.39, 0.29) is 17.9 Å². The summed E-state index contributed by atoms with van der Waals surface area (Å²) in [5, 5.41) is 14.5. The molecule has 7 heteroatoms. The molecule has 0 bridgehead atoms. The number of amidine groups is 1. The summed E-state index contributed by atoms with van der Waals surface area (Å²) in [6.07, 6.45) is 1.59. The number of anilines is 1. The highest BCUT2D eigenvalue weighted by Gasteiger charge is 2.11. The van der Waals surface area contributed by atoms with Crippen molar-refractivity contribution >= 4 is 11.5 Å². The van der Waals surface area contributed by atoms with Crippen LogP contribution in [0, 0.1) is 5.82 Å². The lowest BCUT2D eigenvalue weighted by atomic mass is 10.1. The number of methoxy groups -OCH3 is 1. The van der Waals surface area contributed by atoms with Crippen LogP contribution in [-0.2, 0) is 6.54 Å². The van der Waals surface area contributed by atoms with E-state index in [0.29, 0.717) is 11.4 Å². The molecular formula is C14H15FN4O2. The number of pyridine rings is 1. The van der Waals surface area contributed by atoms with Crippen molar-refractivity contribution in [2.45, 2.75) is 6.54 Å². The van der Waals surface area contributed by atoms with E-state index < -0.39 is 5.82 Å². The first-order valence-electron chi connectivity index (χ1n) is 6.15. The molecule has 0 fully saturated rings. The van der Waals surface area contributed by atoms with Gasteiger partial charge in [0.05, 0.1) is 24.6 Å². The van der Waals surface area contributed by atoms with Gasteiger partial charge in [-0.25, -0.2) is 9.37 Å². The monoisotopic (exact) mass is 290 g/mol. The topological polar surface area (TPSA) is 92.8 Å². The molecule has 0 saturated carbocycles. The van der Waals surface area contributed by atoms with E-state index in [1.807, 2.05) is 0 Å². The molecule has 0 saturated heterocycles. The minimum Gasteiger partial charge on any atom is -0.481 e. The predicted octanol–water partition coefficient (Wildman–Crippen LogP) is 1.94. The van der Waals surface area contributed by atoms with E-state index in [1.54, 1.807) is 30.5 Å². The van der Waals surface area contributed by atoms with Crippen LogP contribution in [0.25, 0.3) is 0 Å². The maximum atomic E-state index is 14.2. The summed E-state index contributed by atoms with van der Waals surface area (Å²) in [5.41, 5.74) is 6.60. The van der Waals surface area contributed by atoms with Crippen molar-refractivity contribution < 1.29 is 14.3 Å². The van der Waals surface area contributed by atoms with Crippen LogP contribution in [0.2, 0.25) is 0 Å². The maximum absolute atomic E-state index is 14.2. The first-order valence-corrected chi connectivity index (χ1v) is 6.15. The van der Waals surface area contributed by atoms with E-state index in [0.717, 1.165) is 5.69 Å². The molecule has 0 amide bonds. The third-order valence-corrected chi connectivity index (χ3v) is 2.89. The van der Waals surface area contributed by atoms with Crippen LogP contribution in [0.3, 0.4) is 0 Å². The fourth-order valence-corrected chi connectivity index (χ4v) is 1.77. The van der Waals surface area contributed by atoms with Gasteiger partial charge < -0.3 is 21.0 Å². The smallest absolute Gasteiger partial charge is 0.213 e. The highest BCUT2D eigenvalue weighted by atomic mass is 19.1. The fourth-order valence-electron chi connectivity index (χ4n) is 1.77. The largest absolute Gasteiger partial charge is 0.481 e. The molecule has 0 aliphatic heterocycles. The van der Waals surface area contributed by atoms with Gasteiger partial charge >= 0.3 is 0 Å². The van der Waals surface area contributed by atoms with Gasteiger partial charge in [0.15, 0.2) is 5.84 Å². The van der Waals surface area contributed by atoms with Crippen molar-refractivity contribution in [2.24, 2.45) is 10.9 Å².